The quantitative estimate of drug-likeness (QED) is 0.695. The van der Waals surface area contributed by atoms with Crippen LogP contribution in [0.5, 0.6) is 0 Å². The van der Waals surface area contributed by atoms with E-state index in [1.807, 2.05) is 0 Å². The smallest absolute Gasteiger partial charge is 0.150 e. The zero-order chi connectivity index (χ0) is 11.4. The van der Waals surface area contributed by atoms with Crippen LogP contribution in [0.1, 0.15) is 44.9 Å². The van der Waals surface area contributed by atoms with Crippen LogP contribution in [0.4, 0.5) is 0 Å². The molecule has 0 aromatic heterocycles. The second-order valence-corrected chi connectivity index (χ2v) is 7.58. The van der Waals surface area contributed by atoms with Crippen LogP contribution < -0.4 is 5.32 Å². The summed E-state index contributed by atoms with van der Waals surface area (Å²) in [6, 6.07) is 0.692. The van der Waals surface area contributed by atoms with Gasteiger partial charge in [-0.2, -0.15) is 0 Å². The van der Waals surface area contributed by atoms with Crippen molar-refractivity contribution in [2.75, 3.05) is 18.1 Å². The van der Waals surface area contributed by atoms with E-state index in [0.29, 0.717) is 23.5 Å². The Balaban J connectivity index is 1.61. The molecule has 0 heterocycles. The van der Waals surface area contributed by atoms with E-state index in [-0.39, 0.29) is 0 Å². The van der Waals surface area contributed by atoms with Crippen LogP contribution in [0.25, 0.3) is 0 Å². The summed E-state index contributed by atoms with van der Waals surface area (Å²) >= 11 is 0. The van der Waals surface area contributed by atoms with Crippen molar-refractivity contribution in [3.63, 3.8) is 0 Å². The highest BCUT2D eigenvalue weighted by Crippen LogP contribution is 2.26. The Bertz CT molecular complexity index is 303. The van der Waals surface area contributed by atoms with Crippen LogP contribution in [0.15, 0.2) is 0 Å². The lowest BCUT2D eigenvalue weighted by molar-refractivity contribution is 0.554. The van der Waals surface area contributed by atoms with Crippen molar-refractivity contribution in [2.24, 2.45) is 5.92 Å². The van der Waals surface area contributed by atoms with Crippen LogP contribution in [0, 0.1) is 5.92 Å². The minimum absolute atomic E-state index is 0.378. The molecule has 16 heavy (non-hydrogen) atoms. The van der Waals surface area contributed by atoms with E-state index in [1.54, 1.807) is 0 Å². The standard InChI is InChI=1S/C12H23NO2S/c14-16(15,10-11-4-1-2-5-11)9-3-8-13-12-6-7-12/h11-13H,1-10H2. The molecule has 0 bridgehead atoms. The number of hydrogen-bond donors (Lipinski definition) is 1. The SMILES string of the molecule is O=S(=O)(CCCNC1CC1)CC1CCCC1. The van der Waals surface area contributed by atoms with Crippen molar-refractivity contribution in [2.45, 2.75) is 51.0 Å². The maximum atomic E-state index is 11.8. The van der Waals surface area contributed by atoms with Gasteiger partial charge < -0.3 is 5.32 Å². The minimum atomic E-state index is -2.78. The van der Waals surface area contributed by atoms with E-state index in [4.69, 9.17) is 0 Å². The zero-order valence-corrected chi connectivity index (χ0v) is 10.8. The number of nitrogens with one attached hydrogen (secondary N) is 1. The van der Waals surface area contributed by atoms with Gasteiger partial charge in [0.15, 0.2) is 9.84 Å². The van der Waals surface area contributed by atoms with Crippen LogP contribution >= 0.6 is 0 Å². The highest BCUT2D eigenvalue weighted by molar-refractivity contribution is 7.91. The van der Waals surface area contributed by atoms with Gasteiger partial charge in [-0.1, -0.05) is 12.8 Å². The van der Waals surface area contributed by atoms with E-state index in [9.17, 15) is 8.42 Å². The van der Waals surface area contributed by atoms with Crippen molar-refractivity contribution in [3.8, 4) is 0 Å². The molecule has 2 saturated carbocycles. The number of sulfone groups is 1. The first-order chi connectivity index (χ1) is 7.66. The van der Waals surface area contributed by atoms with Crippen LogP contribution in [0.3, 0.4) is 0 Å². The Labute approximate surface area is 98.9 Å². The molecule has 0 aromatic rings. The lowest BCUT2D eigenvalue weighted by Crippen LogP contribution is -2.23. The van der Waals surface area contributed by atoms with Gasteiger partial charge in [0.1, 0.15) is 0 Å². The van der Waals surface area contributed by atoms with Crippen molar-refractivity contribution >= 4 is 9.84 Å². The summed E-state index contributed by atoms with van der Waals surface area (Å²) in [5, 5.41) is 3.36. The van der Waals surface area contributed by atoms with Crippen LogP contribution in [-0.2, 0) is 9.84 Å². The summed E-state index contributed by atoms with van der Waals surface area (Å²) in [4.78, 5) is 0. The number of rotatable bonds is 7. The maximum absolute atomic E-state index is 11.8. The Morgan fingerprint density at radius 3 is 2.38 bits per heavy atom. The van der Waals surface area contributed by atoms with Gasteiger partial charge in [-0.05, 0) is 44.6 Å². The summed E-state index contributed by atoms with van der Waals surface area (Å²) in [7, 11) is -2.78. The minimum Gasteiger partial charge on any atom is -0.314 e. The summed E-state index contributed by atoms with van der Waals surface area (Å²) in [5.41, 5.74) is 0. The summed E-state index contributed by atoms with van der Waals surface area (Å²) < 4.78 is 23.6. The number of hydrogen-bond acceptors (Lipinski definition) is 3. The van der Waals surface area contributed by atoms with Gasteiger partial charge in [0.2, 0.25) is 0 Å². The third kappa shape index (κ3) is 4.42. The topological polar surface area (TPSA) is 46.2 Å². The molecule has 0 aromatic carbocycles. The molecule has 94 valence electrons. The van der Waals surface area contributed by atoms with E-state index in [1.165, 1.54) is 25.7 Å². The molecule has 3 nitrogen and oxygen atoms in total. The van der Waals surface area contributed by atoms with E-state index in [2.05, 4.69) is 5.32 Å². The van der Waals surface area contributed by atoms with Crippen molar-refractivity contribution < 1.29 is 8.42 Å². The fraction of sp³-hybridized carbons (Fsp3) is 1.00. The Kier molecular flexibility index (Phi) is 4.25. The molecular weight excluding hydrogens is 222 g/mol. The third-order valence-corrected chi connectivity index (χ3v) is 5.50. The van der Waals surface area contributed by atoms with Gasteiger partial charge in [0.25, 0.3) is 0 Å². The second-order valence-electron chi connectivity index (χ2n) is 5.35. The average molecular weight is 245 g/mol. The van der Waals surface area contributed by atoms with Crippen molar-refractivity contribution in [3.05, 3.63) is 0 Å². The highest BCUT2D eigenvalue weighted by atomic mass is 32.2. The molecule has 2 aliphatic rings. The molecule has 0 spiro atoms. The monoisotopic (exact) mass is 245 g/mol. The molecule has 2 rings (SSSR count). The molecule has 0 saturated heterocycles. The third-order valence-electron chi connectivity index (χ3n) is 3.61. The fourth-order valence-electron chi connectivity index (χ4n) is 2.51. The molecule has 0 amide bonds. The first kappa shape index (κ1) is 12.4. The normalized spacial score (nSPS) is 22.8. The largest absolute Gasteiger partial charge is 0.314 e. The molecule has 0 aliphatic heterocycles. The first-order valence-corrected chi connectivity index (χ1v) is 8.42. The zero-order valence-electron chi connectivity index (χ0n) is 9.95. The van der Waals surface area contributed by atoms with E-state index < -0.39 is 9.84 Å². The van der Waals surface area contributed by atoms with Crippen LogP contribution in [0.2, 0.25) is 0 Å². The Morgan fingerprint density at radius 1 is 1.06 bits per heavy atom. The summed E-state index contributed by atoms with van der Waals surface area (Å²) in [6.07, 6.45) is 8.03. The van der Waals surface area contributed by atoms with E-state index in [0.717, 1.165) is 25.8 Å². The molecule has 1 N–H and O–H groups in total. The highest BCUT2D eigenvalue weighted by Gasteiger charge is 2.23. The molecule has 2 fully saturated rings. The molecule has 0 atom stereocenters. The van der Waals surface area contributed by atoms with Crippen molar-refractivity contribution in [1.29, 1.82) is 0 Å². The predicted molar refractivity (Wildman–Crippen MR) is 66.3 cm³/mol. The van der Waals surface area contributed by atoms with Gasteiger partial charge in [-0.3, -0.25) is 0 Å². The predicted octanol–water partition coefficient (Wildman–Crippen LogP) is 1.73. The Hall–Kier alpha value is -0.0900. The molecule has 0 radical (unpaired) electrons. The lowest BCUT2D eigenvalue weighted by atomic mass is 10.1. The van der Waals surface area contributed by atoms with Crippen molar-refractivity contribution in [1.82, 2.24) is 5.32 Å². The van der Waals surface area contributed by atoms with Gasteiger partial charge in [-0.25, -0.2) is 8.42 Å². The van der Waals surface area contributed by atoms with Crippen LogP contribution in [-0.4, -0.2) is 32.5 Å². The van der Waals surface area contributed by atoms with Gasteiger partial charge in [0, 0.05) is 6.04 Å². The molecule has 2 aliphatic carbocycles. The maximum Gasteiger partial charge on any atom is 0.150 e. The fourth-order valence-corrected chi connectivity index (χ4v) is 4.31. The molecule has 0 unspecified atom stereocenters. The van der Waals surface area contributed by atoms with E-state index >= 15 is 0 Å². The first-order valence-electron chi connectivity index (χ1n) is 6.59. The average Bonchev–Trinajstić information content (AvgIpc) is 2.91. The van der Waals surface area contributed by atoms with Gasteiger partial charge in [-0.15, -0.1) is 0 Å². The molecular formula is C12H23NO2S. The second kappa shape index (κ2) is 5.50. The lowest BCUT2D eigenvalue weighted by Gasteiger charge is -2.09. The summed E-state index contributed by atoms with van der Waals surface area (Å²) in [6.45, 7) is 0.870. The summed E-state index contributed by atoms with van der Waals surface area (Å²) in [5.74, 6) is 1.28. The molecule has 4 heteroatoms. The van der Waals surface area contributed by atoms with Gasteiger partial charge in [0.05, 0.1) is 11.5 Å². The Morgan fingerprint density at radius 2 is 1.75 bits per heavy atom. The van der Waals surface area contributed by atoms with Gasteiger partial charge >= 0.3 is 0 Å².